The molecule has 0 radical (unpaired) electrons. The molecule has 2 aromatic carbocycles. The Hall–Kier alpha value is -4.85. The lowest BCUT2D eigenvalue weighted by atomic mass is 9.82. The van der Waals surface area contributed by atoms with E-state index in [1.807, 2.05) is 37.3 Å². The Bertz CT molecular complexity index is 2290. The molecule has 3 aromatic rings. The second-order valence-corrected chi connectivity index (χ2v) is 20.3. The Labute approximate surface area is 351 Å². The number of allylic oxidation sites excluding steroid dienone is 2. The van der Waals surface area contributed by atoms with Crippen LogP contribution in [0.15, 0.2) is 60.7 Å². The minimum Gasteiger partial charge on any atom is -0.497 e. The van der Waals surface area contributed by atoms with Gasteiger partial charge in [0, 0.05) is 23.8 Å². The number of esters is 1. The number of fused-ring (bicyclic) bond motifs is 3. The van der Waals surface area contributed by atoms with Crippen molar-refractivity contribution >= 4 is 44.4 Å². The molecular formula is C46H56FN3O9S. The maximum absolute atomic E-state index is 15.0. The highest BCUT2D eigenvalue weighted by Crippen LogP contribution is 2.58. The van der Waals surface area contributed by atoms with Crippen LogP contribution in [0.4, 0.5) is 4.39 Å². The number of nitrogens with zero attached hydrogens (tertiary/aromatic N) is 2. The number of rotatable bonds is 10. The minimum absolute atomic E-state index is 0.0113. The van der Waals surface area contributed by atoms with E-state index >= 15 is 0 Å². The lowest BCUT2D eigenvalue weighted by Crippen LogP contribution is -2.48. The maximum atomic E-state index is 15.0. The van der Waals surface area contributed by atoms with Gasteiger partial charge in [-0.2, -0.15) is 0 Å². The van der Waals surface area contributed by atoms with Crippen molar-refractivity contribution in [3.8, 4) is 22.9 Å². The summed E-state index contributed by atoms with van der Waals surface area (Å²) in [6.07, 6.45) is 5.73. The van der Waals surface area contributed by atoms with E-state index in [0.29, 0.717) is 54.5 Å². The number of Topliss-reactive ketones (excluding diaryl/α,β-unsaturated/α-hetero) is 1. The molecule has 2 aliphatic carbocycles. The molecule has 4 aliphatic rings. The van der Waals surface area contributed by atoms with Crippen molar-refractivity contribution in [3.05, 3.63) is 66.5 Å². The van der Waals surface area contributed by atoms with Crippen LogP contribution in [0.2, 0.25) is 0 Å². The summed E-state index contributed by atoms with van der Waals surface area (Å²) >= 11 is 0. The normalized spacial score (nSPS) is 28.5. The number of sulfonamides is 1. The molecule has 3 heterocycles. The second-order valence-electron chi connectivity index (χ2n) is 18.1. The molecule has 2 aliphatic heterocycles. The number of nitrogens with one attached hydrogen (secondary N) is 1. The Balaban J connectivity index is 1.26. The number of carbonyl (C=O) groups is 4. The number of hydrogen-bond acceptors (Lipinski definition) is 10. The van der Waals surface area contributed by atoms with Crippen LogP contribution >= 0.6 is 0 Å². The number of amides is 2. The molecule has 7 atom stereocenters. The Morgan fingerprint density at radius 1 is 1.05 bits per heavy atom. The Kier molecular flexibility index (Phi) is 12.2. The molecule has 0 unspecified atom stereocenters. The molecule has 1 aromatic heterocycles. The van der Waals surface area contributed by atoms with Crippen LogP contribution in [0.1, 0.15) is 92.4 Å². The smallest absolute Gasteiger partial charge is 0.306 e. The zero-order valence-electron chi connectivity index (χ0n) is 35.2. The third-order valence-corrected chi connectivity index (χ3v) is 15.1. The molecule has 2 saturated carbocycles. The van der Waals surface area contributed by atoms with E-state index in [0.717, 1.165) is 11.8 Å². The third kappa shape index (κ3) is 9.08. The highest BCUT2D eigenvalue weighted by Gasteiger charge is 2.62. The van der Waals surface area contributed by atoms with Crippen LogP contribution < -0.4 is 14.2 Å². The molecule has 60 heavy (non-hydrogen) atoms. The zero-order valence-corrected chi connectivity index (χ0v) is 36.1. The summed E-state index contributed by atoms with van der Waals surface area (Å²) in [5, 5.41) is 1.38. The summed E-state index contributed by atoms with van der Waals surface area (Å²) in [5.74, 6) is -2.78. The van der Waals surface area contributed by atoms with Gasteiger partial charge in [-0.05, 0) is 131 Å². The number of pyridine rings is 1. The maximum Gasteiger partial charge on any atom is 0.306 e. The van der Waals surface area contributed by atoms with Crippen molar-refractivity contribution in [1.82, 2.24) is 14.6 Å². The highest BCUT2D eigenvalue weighted by atomic mass is 32.2. The van der Waals surface area contributed by atoms with E-state index in [-0.39, 0.29) is 61.5 Å². The van der Waals surface area contributed by atoms with Crippen LogP contribution in [0.25, 0.3) is 22.0 Å². The van der Waals surface area contributed by atoms with Gasteiger partial charge in [0.15, 0.2) is 5.78 Å². The minimum atomic E-state index is -3.99. The summed E-state index contributed by atoms with van der Waals surface area (Å²) in [7, 11) is -2.42. The predicted octanol–water partition coefficient (Wildman–Crippen LogP) is 7.33. The molecule has 0 bridgehead atoms. The summed E-state index contributed by atoms with van der Waals surface area (Å²) < 4.78 is 59.6. The van der Waals surface area contributed by atoms with E-state index in [1.165, 1.54) is 17.0 Å². The van der Waals surface area contributed by atoms with Gasteiger partial charge in [0.25, 0.3) is 0 Å². The van der Waals surface area contributed by atoms with Gasteiger partial charge in [0.1, 0.15) is 17.7 Å². The van der Waals surface area contributed by atoms with Crippen LogP contribution in [0.5, 0.6) is 11.6 Å². The fraction of sp³-hybridized carbons (Fsp3) is 0.543. The van der Waals surface area contributed by atoms with Gasteiger partial charge in [0.05, 0.1) is 54.0 Å². The second kappa shape index (κ2) is 16.9. The predicted molar refractivity (Wildman–Crippen MR) is 224 cm³/mol. The fourth-order valence-electron chi connectivity index (χ4n) is 8.92. The van der Waals surface area contributed by atoms with Gasteiger partial charge in [0.2, 0.25) is 27.7 Å². The monoisotopic (exact) mass is 845 g/mol. The van der Waals surface area contributed by atoms with Gasteiger partial charge in [-0.1, -0.05) is 26.0 Å². The third-order valence-electron chi connectivity index (χ3n) is 13.0. The summed E-state index contributed by atoms with van der Waals surface area (Å²) in [6.45, 7) is 9.15. The number of carbonyl (C=O) groups excluding carboxylic acids is 4. The van der Waals surface area contributed by atoms with Crippen molar-refractivity contribution in [3.63, 3.8) is 0 Å². The van der Waals surface area contributed by atoms with Crippen LogP contribution in [-0.4, -0.2) is 78.5 Å². The van der Waals surface area contributed by atoms with Gasteiger partial charge in [-0.3, -0.25) is 23.9 Å². The van der Waals surface area contributed by atoms with E-state index in [4.69, 9.17) is 19.2 Å². The van der Waals surface area contributed by atoms with E-state index in [1.54, 1.807) is 46.1 Å². The first-order chi connectivity index (χ1) is 28.4. The lowest BCUT2D eigenvalue weighted by molar-refractivity contribution is -0.154. The molecule has 0 spiro atoms. The quantitative estimate of drug-likeness (QED) is 0.162. The number of ether oxygens (including phenoxy) is 3. The summed E-state index contributed by atoms with van der Waals surface area (Å²) in [6, 6.07) is 12.2. The first kappa shape index (κ1) is 43.2. The number of hydrogen-bond donors (Lipinski definition) is 1. The van der Waals surface area contributed by atoms with Gasteiger partial charge in [-0.25, -0.2) is 17.8 Å². The van der Waals surface area contributed by atoms with E-state index in [9.17, 15) is 32.0 Å². The average Bonchev–Trinajstić information content (AvgIpc) is 4.08. The number of benzene rings is 2. The van der Waals surface area contributed by atoms with Crippen molar-refractivity contribution in [2.45, 2.75) is 115 Å². The molecule has 14 heteroatoms. The lowest BCUT2D eigenvalue weighted by Gasteiger charge is -2.32. The Morgan fingerprint density at radius 3 is 2.47 bits per heavy atom. The largest absolute Gasteiger partial charge is 0.497 e. The molecular weight excluding hydrogens is 790 g/mol. The van der Waals surface area contributed by atoms with Gasteiger partial charge in [-0.15, -0.1) is 0 Å². The highest BCUT2D eigenvalue weighted by molar-refractivity contribution is 7.91. The van der Waals surface area contributed by atoms with Gasteiger partial charge < -0.3 is 19.1 Å². The zero-order chi connectivity index (χ0) is 43.1. The first-order valence-corrected chi connectivity index (χ1v) is 22.6. The van der Waals surface area contributed by atoms with Crippen LogP contribution in [0, 0.1) is 34.9 Å². The van der Waals surface area contributed by atoms with Crippen molar-refractivity contribution in [2.24, 2.45) is 29.1 Å². The molecule has 1 N–H and O–H groups in total. The summed E-state index contributed by atoms with van der Waals surface area (Å²) in [4.78, 5) is 63.5. The average molecular weight is 846 g/mol. The molecule has 12 nitrogen and oxygen atoms in total. The Morgan fingerprint density at radius 2 is 1.78 bits per heavy atom. The van der Waals surface area contributed by atoms with Crippen molar-refractivity contribution < 1.29 is 46.2 Å². The molecule has 3 fully saturated rings. The molecule has 7 rings (SSSR count). The summed E-state index contributed by atoms with van der Waals surface area (Å²) in [5.41, 5.74) is -0.156. The number of halogens is 1. The van der Waals surface area contributed by atoms with E-state index < -0.39 is 61.7 Å². The number of aromatic nitrogens is 1. The molecule has 1 saturated heterocycles. The van der Waals surface area contributed by atoms with Crippen LogP contribution in [0.3, 0.4) is 0 Å². The fourth-order valence-corrected chi connectivity index (χ4v) is 10.3. The van der Waals surface area contributed by atoms with Crippen LogP contribution in [-0.2, 0) is 33.9 Å². The number of ketones is 1. The number of methoxy groups -OCH3 is 1. The van der Waals surface area contributed by atoms with Crippen molar-refractivity contribution in [1.29, 1.82) is 0 Å². The topological polar surface area (TPSA) is 158 Å². The molecule has 2 amide bonds. The van der Waals surface area contributed by atoms with Crippen molar-refractivity contribution in [2.75, 3.05) is 13.7 Å². The first-order valence-electron chi connectivity index (χ1n) is 21.1. The van der Waals surface area contributed by atoms with E-state index in [2.05, 4.69) is 11.6 Å². The SMILES string of the molecule is COc1ccc2c(O[C@@H]3C[C@H]4C(=O)C[C@]5(C(=O)NS(=O)(=O)C6(C)CC6)C[C@H]5/C=C\CC[C@@H](C)C[C@@H](C)[C@H](CC(=O)OC(C)C)C(=O)N4C3)nc(-c3ccc(F)cc3)cc2c1. The van der Waals surface area contributed by atoms with Gasteiger partial charge >= 0.3 is 5.97 Å². The molecule has 322 valence electrons. The standard InChI is InChI=1S/C46H56FN3O9S/c1-27(2)58-41(52)23-37-29(4)19-28(3)9-7-8-10-32-24-46(32,44(54)49-60(55,56)45(5)17-18-45)25-40(51)39-22-35(26-50(39)43(37)53)59-42-36-16-15-34(57-6)20-31(36)21-38(48-42)30-11-13-33(47)14-12-30/h8,10-16,20-21,27-29,32,35,37,39H,7,9,17-19,22-26H2,1-6H3,(H,49,54)/b10-8-/t28-,29-,32-,35-,37+,39+,46-/m1/s1.